The van der Waals surface area contributed by atoms with Crippen molar-refractivity contribution >= 4 is 5.97 Å². The maximum atomic E-state index is 11.1. The number of aliphatic hydroxyl groups excluding tert-OH is 2. The fourth-order valence-electron chi connectivity index (χ4n) is 1.78. The first-order valence-corrected chi connectivity index (χ1v) is 5.81. The van der Waals surface area contributed by atoms with Crippen LogP contribution in [0.2, 0.25) is 0 Å². The summed E-state index contributed by atoms with van der Waals surface area (Å²) in [7, 11) is 1.24. The molecule has 0 fully saturated rings. The number of ether oxygens (including phenoxy) is 1. The van der Waals surface area contributed by atoms with Gasteiger partial charge in [0.15, 0.2) is 0 Å². The predicted octanol–water partition coefficient (Wildman–Crippen LogP) is 0.145. The molecule has 18 heavy (non-hydrogen) atoms. The third-order valence-electron chi connectivity index (χ3n) is 2.76. The molecule has 0 radical (unpaired) electrons. The van der Waals surface area contributed by atoms with E-state index in [4.69, 9.17) is 5.73 Å². The summed E-state index contributed by atoms with van der Waals surface area (Å²) in [4.78, 5) is 11.1. The second-order valence-electron chi connectivity index (χ2n) is 4.03. The van der Waals surface area contributed by atoms with Crippen molar-refractivity contribution in [2.75, 3.05) is 13.7 Å². The SMILES string of the molecule is COC(=O)CC(O)C(O)c1ccccc1CCN. The Morgan fingerprint density at radius 3 is 2.67 bits per heavy atom. The number of hydrogen-bond donors (Lipinski definition) is 3. The van der Waals surface area contributed by atoms with Gasteiger partial charge in [0.2, 0.25) is 0 Å². The van der Waals surface area contributed by atoms with Crippen molar-refractivity contribution in [3.05, 3.63) is 35.4 Å². The van der Waals surface area contributed by atoms with Crippen molar-refractivity contribution in [1.29, 1.82) is 0 Å². The molecule has 0 saturated heterocycles. The van der Waals surface area contributed by atoms with Crippen LogP contribution in [-0.4, -0.2) is 35.9 Å². The number of esters is 1. The molecule has 2 unspecified atom stereocenters. The summed E-state index contributed by atoms with van der Waals surface area (Å²) in [5.41, 5.74) is 6.96. The van der Waals surface area contributed by atoms with Crippen LogP contribution in [0.15, 0.2) is 24.3 Å². The number of carbonyl (C=O) groups excluding carboxylic acids is 1. The van der Waals surface area contributed by atoms with Gasteiger partial charge in [-0.25, -0.2) is 0 Å². The molecule has 2 atom stereocenters. The lowest BCUT2D eigenvalue weighted by Crippen LogP contribution is -2.23. The molecule has 0 aromatic heterocycles. The van der Waals surface area contributed by atoms with Crippen molar-refractivity contribution in [2.45, 2.75) is 25.0 Å². The van der Waals surface area contributed by atoms with Crippen LogP contribution in [0.25, 0.3) is 0 Å². The number of benzene rings is 1. The Balaban J connectivity index is 2.82. The van der Waals surface area contributed by atoms with Gasteiger partial charge in [0.1, 0.15) is 6.10 Å². The normalized spacial score (nSPS) is 14.0. The fraction of sp³-hybridized carbons (Fsp3) is 0.462. The van der Waals surface area contributed by atoms with E-state index in [0.717, 1.165) is 5.56 Å². The highest BCUT2D eigenvalue weighted by molar-refractivity contribution is 5.69. The second-order valence-corrected chi connectivity index (χ2v) is 4.03. The number of rotatable bonds is 6. The van der Waals surface area contributed by atoms with Crippen LogP contribution in [0, 0.1) is 0 Å². The molecule has 0 heterocycles. The van der Waals surface area contributed by atoms with E-state index in [1.165, 1.54) is 7.11 Å². The van der Waals surface area contributed by atoms with E-state index >= 15 is 0 Å². The zero-order chi connectivity index (χ0) is 13.5. The first kappa shape index (κ1) is 14.6. The Labute approximate surface area is 106 Å². The van der Waals surface area contributed by atoms with Gasteiger partial charge in [0.25, 0.3) is 0 Å². The van der Waals surface area contributed by atoms with Gasteiger partial charge >= 0.3 is 5.97 Å². The monoisotopic (exact) mass is 253 g/mol. The summed E-state index contributed by atoms with van der Waals surface area (Å²) in [6.07, 6.45) is -1.93. The molecular weight excluding hydrogens is 234 g/mol. The average Bonchev–Trinajstić information content (AvgIpc) is 2.38. The molecule has 0 saturated carbocycles. The van der Waals surface area contributed by atoms with Gasteiger partial charge < -0.3 is 20.7 Å². The van der Waals surface area contributed by atoms with E-state index in [0.29, 0.717) is 18.5 Å². The fourth-order valence-corrected chi connectivity index (χ4v) is 1.78. The van der Waals surface area contributed by atoms with Crippen LogP contribution in [-0.2, 0) is 16.0 Å². The highest BCUT2D eigenvalue weighted by atomic mass is 16.5. The standard InChI is InChI=1S/C13H19NO4/c1-18-12(16)8-11(15)13(17)10-5-3-2-4-9(10)6-7-14/h2-5,11,13,15,17H,6-8,14H2,1H3. The Hall–Kier alpha value is -1.43. The minimum absolute atomic E-state index is 0.241. The molecule has 4 N–H and O–H groups in total. The Kier molecular flexibility index (Phi) is 5.77. The molecule has 0 aliphatic rings. The van der Waals surface area contributed by atoms with Crippen LogP contribution in [0.1, 0.15) is 23.7 Å². The van der Waals surface area contributed by atoms with Crippen LogP contribution in [0.5, 0.6) is 0 Å². The van der Waals surface area contributed by atoms with Gasteiger partial charge in [-0.2, -0.15) is 0 Å². The van der Waals surface area contributed by atoms with E-state index in [1.54, 1.807) is 12.1 Å². The van der Waals surface area contributed by atoms with E-state index in [-0.39, 0.29) is 6.42 Å². The van der Waals surface area contributed by atoms with Crippen molar-refractivity contribution in [1.82, 2.24) is 0 Å². The highest BCUT2D eigenvalue weighted by Gasteiger charge is 2.23. The summed E-state index contributed by atoms with van der Waals surface area (Å²) >= 11 is 0. The van der Waals surface area contributed by atoms with E-state index in [9.17, 15) is 15.0 Å². The van der Waals surface area contributed by atoms with E-state index in [2.05, 4.69) is 4.74 Å². The maximum Gasteiger partial charge on any atom is 0.308 e. The number of aliphatic hydroxyl groups is 2. The molecule has 1 aromatic rings. The van der Waals surface area contributed by atoms with E-state index < -0.39 is 18.2 Å². The average molecular weight is 253 g/mol. The molecule has 100 valence electrons. The minimum atomic E-state index is -1.18. The van der Waals surface area contributed by atoms with E-state index in [1.807, 2.05) is 12.1 Å². The number of nitrogens with two attached hydrogens (primary N) is 1. The molecule has 0 aliphatic carbocycles. The Morgan fingerprint density at radius 2 is 2.06 bits per heavy atom. The molecule has 1 aromatic carbocycles. The summed E-state index contributed by atoms with van der Waals surface area (Å²) < 4.78 is 4.45. The summed E-state index contributed by atoms with van der Waals surface area (Å²) in [5, 5.41) is 19.8. The van der Waals surface area contributed by atoms with Gasteiger partial charge in [0, 0.05) is 0 Å². The zero-order valence-corrected chi connectivity index (χ0v) is 10.4. The highest BCUT2D eigenvalue weighted by Crippen LogP contribution is 2.23. The molecule has 0 bridgehead atoms. The third-order valence-corrected chi connectivity index (χ3v) is 2.76. The van der Waals surface area contributed by atoms with Crippen molar-refractivity contribution in [3.63, 3.8) is 0 Å². The quantitative estimate of drug-likeness (QED) is 0.627. The molecule has 5 nitrogen and oxygen atoms in total. The smallest absolute Gasteiger partial charge is 0.308 e. The number of methoxy groups -OCH3 is 1. The van der Waals surface area contributed by atoms with Crippen LogP contribution >= 0.6 is 0 Å². The number of carbonyl (C=O) groups is 1. The summed E-state index contributed by atoms with van der Waals surface area (Å²) in [5.74, 6) is -0.558. The van der Waals surface area contributed by atoms with Gasteiger partial charge in [-0.15, -0.1) is 0 Å². The topological polar surface area (TPSA) is 92.8 Å². The van der Waals surface area contributed by atoms with Crippen LogP contribution < -0.4 is 5.73 Å². The summed E-state index contributed by atoms with van der Waals surface area (Å²) in [6, 6.07) is 7.17. The van der Waals surface area contributed by atoms with Gasteiger partial charge in [0.05, 0.1) is 19.6 Å². The van der Waals surface area contributed by atoms with Gasteiger partial charge in [-0.05, 0) is 24.1 Å². The predicted molar refractivity (Wildman–Crippen MR) is 66.8 cm³/mol. The van der Waals surface area contributed by atoms with Crippen LogP contribution in [0.3, 0.4) is 0 Å². The molecular formula is C13H19NO4. The van der Waals surface area contributed by atoms with Crippen LogP contribution in [0.4, 0.5) is 0 Å². The Bertz CT molecular complexity index is 394. The number of hydrogen-bond acceptors (Lipinski definition) is 5. The second kappa shape index (κ2) is 7.10. The lowest BCUT2D eigenvalue weighted by atomic mass is 9.95. The summed E-state index contributed by atoms with van der Waals surface area (Å²) in [6.45, 7) is 0.455. The minimum Gasteiger partial charge on any atom is -0.469 e. The molecule has 0 spiro atoms. The maximum absolute atomic E-state index is 11.1. The molecule has 1 rings (SSSR count). The van der Waals surface area contributed by atoms with Crippen molar-refractivity contribution < 1.29 is 19.7 Å². The zero-order valence-electron chi connectivity index (χ0n) is 10.4. The van der Waals surface area contributed by atoms with Gasteiger partial charge in [-0.3, -0.25) is 4.79 Å². The largest absolute Gasteiger partial charge is 0.469 e. The lowest BCUT2D eigenvalue weighted by Gasteiger charge is -2.20. The first-order chi connectivity index (χ1) is 8.60. The van der Waals surface area contributed by atoms with Gasteiger partial charge in [-0.1, -0.05) is 24.3 Å². The lowest BCUT2D eigenvalue weighted by molar-refractivity contribution is -0.144. The molecule has 0 amide bonds. The Morgan fingerprint density at radius 1 is 1.39 bits per heavy atom. The first-order valence-electron chi connectivity index (χ1n) is 5.81. The molecule has 0 aliphatic heterocycles. The van der Waals surface area contributed by atoms with Crippen molar-refractivity contribution in [3.8, 4) is 0 Å². The third kappa shape index (κ3) is 3.80. The van der Waals surface area contributed by atoms with Crippen molar-refractivity contribution in [2.24, 2.45) is 5.73 Å². The molecule has 5 heteroatoms.